The number of nitrogens with zero attached hydrogens (tertiary/aromatic N) is 1. The van der Waals surface area contributed by atoms with E-state index in [4.69, 9.17) is 0 Å². The van der Waals surface area contributed by atoms with Gasteiger partial charge in [0.2, 0.25) is 0 Å². The molecule has 1 N–H and O–H groups in total. The standard InChI is InChI=1S/C14H22N2/c1-3-16-14(7-6-12-4-5-12)13-8-9-15-10-11(13)2/h8-10,12,14,16H,3-7H2,1-2H3. The Kier molecular flexibility index (Phi) is 3.94. The van der Waals surface area contributed by atoms with Gasteiger partial charge in [-0.15, -0.1) is 0 Å². The lowest BCUT2D eigenvalue weighted by molar-refractivity contribution is 0.479. The summed E-state index contributed by atoms with van der Waals surface area (Å²) in [7, 11) is 0. The third kappa shape index (κ3) is 3.05. The van der Waals surface area contributed by atoms with Crippen LogP contribution in [0.4, 0.5) is 0 Å². The molecule has 2 heteroatoms. The maximum absolute atomic E-state index is 4.17. The first-order valence-electron chi connectivity index (χ1n) is 6.45. The van der Waals surface area contributed by atoms with Crippen LogP contribution in [0.25, 0.3) is 0 Å². The van der Waals surface area contributed by atoms with Gasteiger partial charge in [-0.3, -0.25) is 4.98 Å². The van der Waals surface area contributed by atoms with Crippen molar-refractivity contribution in [1.29, 1.82) is 0 Å². The summed E-state index contributed by atoms with van der Waals surface area (Å²) in [5.41, 5.74) is 2.74. The van der Waals surface area contributed by atoms with Crippen molar-refractivity contribution < 1.29 is 0 Å². The molecular weight excluding hydrogens is 196 g/mol. The van der Waals surface area contributed by atoms with Crippen molar-refractivity contribution >= 4 is 0 Å². The van der Waals surface area contributed by atoms with Crippen molar-refractivity contribution in [1.82, 2.24) is 10.3 Å². The first-order chi connectivity index (χ1) is 7.81. The van der Waals surface area contributed by atoms with E-state index in [1.807, 2.05) is 12.4 Å². The SMILES string of the molecule is CCNC(CCC1CC1)c1ccncc1C. The highest BCUT2D eigenvalue weighted by molar-refractivity contribution is 5.25. The van der Waals surface area contributed by atoms with Crippen molar-refractivity contribution in [3.05, 3.63) is 29.6 Å². The molecule has 1 aliphatic carbocycles. The predicted molar refractivity (Wildman–Crippen MR) is 67.3 cm³/mol. The number of aromatic nitrogens is 1. The van der Waals surface area contributed by atoms with Crippen LogP contribution in [0.15, 0.2) is 18.5 Å². The van der Waals surface area contributed by atoms with Crippen LogP contribution in [0, 0.1) is 12.8 Å². The summed E-state index contributed by atoms with van der Waals surface area (Å²) >= 11 is 0. The van der Waals surface area contributed by atoms with Crippen molar-refractivity contribution in [3.8, 4) is 0 Å². The minimum Gasteiger partial charge on any atom is -0.310 e. The zero-order chi connectivity index (χ0) is 11.4. The highest BCUT2D eigenvalue weighted by Gasteiger charge is 2.23. The van der Waals surface area contributed by atoms with Crippen molar-refractivity contribution in [2.45, 2.75) is 45.6 Å². The Morgan fingerprint density at radius 3 is 2.94 bits per heavy atom. The van der Waals surface area contributed by atoms with Gasteiger partial charge in [-0.25, -0.2) is 0 Å². The van der Waals surface area contributed by atoms with Crippen molar-refractivity contribution in [2.24, 2.45) is 5.92 Å². The lowest BCUT2D eigenvalue weighted by atomic mass is 9.98. The second-order valence-corrected chi connectivity index (χ2v) is 4.86. The average molecular weight is 218 g/mol. The van der Waals surface area contributed by atoms with Gasteiger partial charge in [0.1, 0.15) is 0 Å². The summed E-state index contributed by atoms with van der Waals surface area (Å²) in [4.78, 5) is 4.17. The topological polar surface area (TPSA) is 24.9 Å². The van der Waals surface area contributed by atoms with E-state index in [0.717, 1.165) is 12.5 Å². The van der Waals surface area contributed by atoms with Gasteiger partial charge >= 0.3 is 0 Å². The summed E-state index contributed by atoms with van der Waals surface area (Å²) in [5, 5.41) is 3.60. The van der Waals surface area contributed by atoms with Crippen LogP contribution in [-0.2, 0) is 0 Å². The Morgan fingerprint density at radius 1 is 1.50 bits per heavy atom. The van der Waals surface area contributed by atoms with Gasteiger partial charge in [-0.1, -0.05) is 19.8 Å². The molecule has 1 saturated carbocycles. The molecule has 1 aromatic rings. The predicted octanol–water partition coefficient (Wildman–Crippen LogP) is 3.23. The molecule has 1 unspecified atom stereocenters. The van der Waals surface area contributed by atoms with E-state index in [2.05, 4.69) is 30.2 Å². The fourth-order valence-electron chi connectivity index (χ4n) is 2.30. The number of hydrogen-bond acceptors (Lipinski definition) is 2. The summed E-state index contributed by atoms with van der Waals surface area (Å²) in [6, 6.07) is 2.68. The summed E-state index contributed by atoms with van der Waals surface area (Å²) in [6.45, 7) is 5.38. The molecule has 1 heterocycles. The molecule has 0 aliphatic heterocycles. The number of nitrogens with one attached hydrogen (secondary N) is 1. The molecular formula is C14H22N2. The average Bonchev–Trinajstić information content (AvgIpc) is 3.09. The highest BCUT2D eigenvalue weighted by Crippen LogP contribution is 2.36. The van der Waals surface area contributed by atoms with Crippen LogP contribution in [0.5, 0.6) is 0 Å². The minimum absolute atomic E-state index is 0.522. The van der Waals surface area contributed by atoms with E-state index < -0.39 is 0 Å². The maximum Gasteiger partial charge on any atom is 0.0323 e. The van der Waals surface area contributed by atoms with E-state index in [0.29, 0.717) is 6.04 Å². The van der Waals surface area contributed by atoms with Crippen molar-refractivity contribution in [3.63, 3.8) is 0 Å². The molecule has 16 heavy (non-hydrogen) atoms. The maximum atomic E-state index is 4.17. The number of pyridine rings is 1. The van der Waals surface area contributed by atoms with Crippen LogP contribution in [-0.4, -0.2) is 11.5 Å². The third-order valence-corrected chi connectivity index (χ3v) is 3.45. The Hall–Kier alpha value is -0.890. The third-order valence-electron chi connectivity index (χ3n) is 3.45. The van der Waals surface area contributed by atoms with Gasteiger partial charge in [-0.05, 0) is 49.4 Å². The van der Waals surface area contributed by atoms with E-state index >= 15 is 0 Å². The minimum atomic E-state index is 0.522. The first-order valence-corrected chi connectivity index (χ1v) is 6.45. The molecule has 0 saturated heterocycles. The molecule has 1 aliphatic rings. The summed E-state index contributed by atoms with van der Waals surface area (Å²) in [5.74, 6) is 1.02. The lowest BCUT2D eigenvalue weighted by Crippen LogP contribution is -2.21. The molecule has 1 fully saturated rings. The zero-order valence-corrected chi connectivity index (χ0v) is 10.4. The lowest BCUT2D eigenvalue weighted by Gasteiger charge is -2.20. The van der Waals surface area contributed by atoms with Gasteiger partial charge < -0.3 is 5.32 Å². The molecule has 0 bridgehead atoms. The second kappa shape index (κ2) is 5.44. The van der Waals surface area contributed by atoms with E-state index in [-0.39, 0.29) is 0 Å². The quantitative estimate of drug-likeness (QED) is 0.793. The van der Waals surface area contributed by atoms with Crippen LogP contribution in [0.3, 0.4) is 0 Å². The molecule has 88 valence electrons. The molecule has 2 rings (SSSR count). The molecule has 2 nitrogen and oxygen atoms in total. The molecule has 0 radical (unpaired) electrons. The summed E-state index contributed by atoms with van der Waals surface area (Å²) in [6.07, 6.45) is 9.42. The first kappa shape index (κ1) is 11.6. The summed E-state index contributed by atoms with van der Waals surface area (Å²) < 4.78 is 0. The van der Waals surface area contributed by atoms with Gasteiger partial charge in [0.15, 0.2) is 0 Å². The molecule has 1 aromatic heterocycles. The van der Waals surface area contributed by atoms with Crippen LogP contribution in [0.2, 0.25) is 0 Å². The largest absolute Gasteiger partial charge is 0.310 e. The van der Waals surface area contributed by atoms with E-state index in [9.17, 15) is 0 Å². The fourth-order valence-corrected chi connectivity index (χ4v) is 2.30. The van der Waals surface area contributed by atoms with Crippen LogP contribution < -0.4 is 5.32 Å². The number of aryl methyl sites for hydroxylation is 1. The molecule has 0 spiro atoms. The van der Waals surface area contributed by atoms with Gasteiger partial charge in [-0.2, -0.15) is 0 Å². The van der Waals surface area contributed by atoms with Gasteiger partial charge in [0.05, 0.1) is 0 Å². The Bertz CT molecular complexity index is 331. The van der Waals surface area contributed by atoms with Crippen molar-refractivity contribution in [2.75, 3.05) is 6.54 Å². The highest BCUT2D eigenvalue weighted by atomic mass is 14.9. The van der Waals surface area contributed by atoms with E-state index in [1.54, 1.807) is 0 Å². The Morgan fingerprint density at radius 2 is 2.31 bits per heavy atom. The molecule has 0 aromatic carbocycles. The van der Waals surface area contributed by atoms with E-state index in [1.165, 1.54) is 36.8 Å². The Labute approximate surface area is 98.5 Å². The van der Waals surface area contributed by atoms with Crippen LogP contribution in [0.1, 0.15) is 49.8 Å². The smallest absolute Gasteiger partial charge is 0.0323 e. The molecule has 0 amide bonds. The normalized spacial score (nSPS) is 17.4. The Balaban J connectivity index is 2.01. The molecule has 1 atom stereocenters. The second-order valence-electron chi connectivity index (χ2n) is 4.86. The van der Waals surface area contributed by atoms with Gasteiger partial charge in [0, 0.05) is 18.4 Å². The van der Waals surface area contributed by atoms with Crippen LogP contribution >= 0.6 is 0 Å². The fraction of sp³-hybridized carbons (Fsp3) is 0.643. The number of rotatable bonds is 6. The number of hydrogen-bond donors (Lipinski definition) is 1. The van der Waals surface area contributed by atoms with Gasteiger partial charge in [0.25, 0.3) is 0 Å². The zero-order valence-electron chi connectivity index (χ0n) is 10.4. The monoisotopic (exact) mass is 218 g/mol.